The summed E-state index contributed by atoms with van der Waals surface area (Å²) < 4.78 is 5.96. The van der Waals surface area contributed by atoms with Crippen LogP contribution in [0, 0.1) is 0 Å². The maximum Gasteiger partial charge on any atom is 0.371 e. The van der Waals surface area contributed by atoms with Crippen LogP contribution in [0.2, 0.25) is 0 Å². The molecule has 7 nitrogen and oxygen atoms in total. The predicted molar refractivity (Wildman–Crippen MR) is 39.8 cm³/mol. The molecule has 1 aliphatic heterocycles. The van der Waals surface area contributed by atoms with Crippen LogP contribution in [-0.4, -0.2) is 22.7 Å². The minimum Gasteiger partial charge on any atom is -0.364 e. The zero-order chi connectivity index (χ0) is 9.42. The number of fused-ring (bicyclic) bond motifs is 1. The molecule has 0 bridgehead atoms. The van der Waals surface area contributed by atoms with E-state index in [0.717, 1.165) is 0 Å². The summed E-state index contributed by atoms with van der Waals surface area (Å²) in [4.78, 5) is 31.3. The number of nitrogens with zero attached hydrogens (tertiary/aromatic N) is 3. The van der Waals surface area contributed by atoms with Crippen LogP contribution in [0.4, 0.5) is 4.79 Å². The third kappa shape index (κ3) is 1.09. The average molecular weight is 182 g/mol. The van der Waals surface area contributed by atoms with Crippen molar-refractivity contribution in [2.24, 2.45) is 9.98 Å². The fourth-order valence-electron chi connectivity index (χ4n) is 1.10. The lowest BCUT2D eigenvalue weighted by molar-refractivity contribution is 0.125. The number of amides is 2. The van der Waals surface area contributed by atoms with Gasteiger partial charge in [-0.2, -0.15) is 9.98 Å². The van der Waals surface area contributed by atoms with E-state index < -0.39 is 6.03 Å². The van der Waals surface area contributed by atoms with E-state index in [1.54, 1.807) is 0 Å². The molecule has 7 heteroatoms. The molecule has 1 aliphatic rings. The van der Waals surface area contributed by atoms with Gasteiger partial charge in [-0.3, -0.25) is 9.55 Å². The van der Waals surface area contributed by atoms with E-state index in [1.165, 1.54) is 11.7 Å². The SMILES string of the molecule is COCn1c(=O)[nH]c2c1=NC(=O)N=2. The molecule has 0 aliphatic carbocycles. The van der Waals surface area contributed by atoms with Crippen molar-refractivity contribution in [3.05, 3.63) is 21.5 Å². The summed E-state index contributed by atoms with van der Waals surface area (Å²) in [5.41, 5.74) is 0.0516. The summed E-state index contributed by atoms with van der Waals surface area (Å²) in [6.07, 6.45) is 0. The molecule has 0 atom stereocenters. The molecule has 13 heavy (non-hydrogen) atoms. The Kier molecular flexibility index (Phi) is 1.59. The van der Waals surface area contributed by atoms with E-state index >= 15 is 0 Å². The number of H-pyrrole nitrogens is 1. The van der Waals surface area contributed by atoms with E-state index in [9.17, 15) is 9.59 Å². The fourth-order valence-corrected chi connectivity index (χ4v) is 1.10. The van der Waals surface area contributed by atoms with Crippen LogP contribution in [0.15, 0.2) is 14.8 Å². The van der Waals surface area contributed by atoms with E-state index in [0.29, 0.717) is 0 Å². The number of ether oxygens (including phenoxy) is 1. The summed E-state index contributed by atoms with van der Waals surface area (Å²) in [5.74, 6) is 0. The number of hydrogen-bond acceptors (Lipinski definition) is 3. The molecule has 0 spiro atoms. The van der Waals surface area contributed by atoms with E-state index in [2.05, 4.69) is 15.0 Å². The van der Waals surface area contributed by atoms with Crippen LogP contribution >= 0.6 is 0 Å². The number of methoxy groups -OCH3 is 1. The van der Waals surface area contributed by atoms with Gasteiger partial charge >= 0.3 is 11.7 Å². The second kappa shape index (κ2) is 2.63. The van der Waals surface area contributed by atoms with Gasteiger partial charge in [0.15, 0.2) is 11.0 Å². The number of rotatable bonds is 2. The van der Waals surface area contributed by atoms with Crippen molar-refractivity contribution < 1.29 is 9.53 Å². The molecule has 0 aromatic carbocycles. The van der Waals surface area contributed by atoms with E-state index in [1.807, 2.05) is 0 Å². The smallest absolute Gasteiger partial charge is 0.364 e. The van der Waals surface area contributed by atoms with Gasteiger partial charge in [0.1, 0.15) is 6.73 Å². The molecule has 2 heterocycles. The molecule has 2 amide bonds. The summed E-state index contributed by atoms with van der Waals surface area (Å²) in [6.45, 7) is 0.0525. The number of carbonyl (C=O) groups excluding carboxylic acids is 1. The molecule has 0 radical (unpaired) electrons. The molecule has 1 N–H and O–H groups in total. The Morgan fingerprint density at radius 3 is 2.92 bits per heavy atom. The van der Waals surface area contributed by atoms with Crippen LogP contribution in [0.25, 0.3) is 0 Å². The number of imidazole rings is 1. The first kappa shape index (κ1) is 7.87. The summed E-state index contributed by atoms with van der Waals surface area (Å²) >= 11 is 0. The predicted octanol–water partition coefficient (Wildman–Crippen LogP) is -1.85. The molecular formula is C6H6N4O3. The number of aromatic amines is 1. The minimum absolute atomic E-state index is 0.0525. The Morgan fingerprint density at radius 1 is 1.46 bits per heavy atom. The normalized spacial score (nSPS) is 13.8. The molecule has 0 saturated heterocycles. The second-order valence-electron chi connectivity index (χ2n) is 2.45. The Balaban J connectivity index is 2.73. The number of carbonyl (C=O) groups is 1. The summed E-state index contributed by atoms with van der Waals surface area (Å²) in [7, 11) is 1.44. The quantitative estimate of drug-likeness (QED) is 0.582. The number of urea groups is 1. The Morgan fingerprint density at radius 2 is 2.23 bits per heavy atom. The van der Waals surface area contributed by atoms with Gasteiger partial charge in [-0.15, -0.1) is 0 Å². The highest BCUT2D eigenvalue weighted by Gasteiger charge is 2.12. The van der Waals surface area contributed by atoms with Gasteiger partial charge in [0.05, 0.1) is 0 Å². The summed E-state index contributed by atoms with van der Waals surface area (Å²) in [5, 5.41) is 0. The number of hydrogen-bond donors (Lipinski definition) is 1. The molecule has 0 saturated carbocycles. The third-order valence-corrected chi connectivity index (χ3v) is 1.61. The zero-order valence-electron chi connectivity index (χ0n) is 6.77. The lowest BCUT2D eigenvalue weighted by Crippen LogP contribution is -2.31. The molecule has 0 unspecified atom stereocenters. The first-order chi connectivity index (χ1) is 6.22. The standard InChI is InChI=1S/C6H6N4O3/c1-13-2-10-4-3(8-6(10)12)7-5(11)9-4/h2H2,1H3,(H,7,8,11,12). The molecule has 1 aromatic heterocycles. The highest BCUT2D eigenvalue weighted by atomic mass is 16.5. The van der Waals surface area contributed by atoms with E-state index in [4.69, 9.17) is 4.74 Å². The molecule has 68 valence electrons. The first-order valence-electron chi connectivity index (χ1n) is 3.51. The van der Waals surface area contributed by atoms with Crippen molar-refractivity contribution in [2.45, 2.75) is 6.73 Å². The largest absolute Gasteiger partial charge is 0.371 e. The Labute approximate surface area is 71.4 Å². The Bertz CT molecular complexity index is 523. The maximum atomic E-state index is 11.1. The zero-order valence-corrected chi connectivity index (χ0v) is 6.77. The van der Waals surface area contributed by atoms with Crippen molar-refractivity contribution in [1.29, 1.82) is 0 Å². The van der Waals surface area contributed by atoms with Gasteiger partial charge in [-0.1, -0.05) is 0 Å². The van der Waals surface area contributed by atoms with Crippen molar-refractivity contribution >= 4 is 6.03 Å². The van der Waals surface area contributed by atoms with Crippen LogP contribution in [0.3, 0.4) is 0 Å². The van der Waals surface area contributed by atoms with Crippen LogP contribution < -0.4 is 16.7 Å². The van der Waals surface area contributed by atoms with Gasteiger partial charge in [0, 0.05) is 7.11 Å². The summed E-state index contributed by atoms with van der Waals surface area (Å²) in [6, 6.07) is -0.605. The lowest BCUT2D eigenvalue weighted by atomic mass is 10.8. The van der Waals surface area contributed by atoms with Crippen LogP contribution in [0.1, 0.15) is 0 Å². The molecule has 0 fully saturated rings. The van der Waals surface area contributed by atoms with Gasteiger partial charge < -0.3 is 4.74 Å². The number of nitrogens with one attached hydrogen (secondary N) is 1. The second-order valence-corrected chi connectivity index (χ2v) is 2.45. The fraction of sp³-hybridized carbons (Fsp3) is 0.333. The topological polar surface area (TPSA) is 88.8 Å². The van der Waals surface area contributed by atoms with Crippen molar-refractivity contribution in [2.75, 3.05) is 7.11 Å². The lowest BCUT2D eigenvalue weighted by Gasteiger charge is -1.95. The van der Waals surface area contributed by atoms with Crippen molar-refractivity contribution in [1.82, 2.24) is 9.55 Å². The van der Waals surface area contributed by atoms with Gasteiger partial charge in [-0.25, -0.2) is 9.59 Å². The monoisotopic (exact) mass is 182 g/mol. The maximum absolute atomic E-state index is 11.1. The highest BCUT2D eigenvalue weighted by Crippen LogP contribution is 1.81. The van der Waals surface area contributed by atoms with Crippen LogP contribution in [-0.2, 0) is 11.5 Å². The minimum atomic E-state index is -0.605. The Hall–Kier alpha value is -1.76. The van der Waals surface area contributed by atoms with Gasteiger partial charge in [-0.05, 0) is 0 Å². The number of aromatic nitrogens is 2. The van der Waals surface area contributed by atoms with Gasteiger partial charge in [0.25, 0.3) is 0 Å². The highest BCUT2D eigenvalue weighted by molar-refractivity contribution is 5.76. The molecule has 2 rings (SSSR count). The first-order valence-corrected chi connectivity index (χ1v) is 3.51. The van der Waals surface area contributed by atoms with Crippen molar-refractivity contribution in [3.63, 3.8) is 0 Å². The average Bonchev–Trinajstić information content (AvgIpc) is 2.52. The van der Waals surface area contributed by atoms with E-state index in [-0.39, 0.29) is 23.4 Å². The molecular weight excluding hydrogens is 176 g/mol. The van der Waals surface area contributed by atoms with Crippen LogP contribution in [0.5, 0.6) is 0 Å². The van der Waals surface area contributed by atoms with Crippen molar-refractivity contribution in [3.8, 4) is 0 Å². The molecule has 1 aromatic rings. The third-order valence-electron chi connectivity index (χ3n) is 1.61. The van der Waals surface area contributed by atoms with Gasteiger partial charge in [0.2, 0.25) is 0 Å².